The zero-order valence-corrected chi connectivity index (χ0v) is 10.4. The van der Waals surface area contributed by atoms with Gasteiger partial charge in [-0.25, -0.2) is 4.39 Å². The van der Waals surface area contributed by atoms with E-state index < -0.39 is 6.10 Å². The molecule has 0 bridgehead atoms. The number of aryl methyl sites for hydroxylation is 1. The van der Waals surface area contributed by atoms with E-state index in [1.807, 2.05) is 31.2 Å². The number of furan rings is 1. The van der Waals surface area contributed by atoms with Crippen molar-refractivity contribution in [2.45, 2.75) is 13.0 Å². The molecule has 3 aromatic rings. The molecule has 1 unspecified atom stereocenters. The van der Waals surface area contributed by atoms with E-state index in [1.54, 1.807) is 12.1 Å². The highest BCUT2D eigenvalue weighted by atomic mass is 19.1. The summed E-state index contributed by atoms with van der Waals surface area (Å²) in [5.41, 5.74) is 2.45. The molecule has 2 nitrogen and oxygen atoms in total. The van der Waals surface area contributed by atoms with Crippen LogP contribution in [0.3, 0.4) is 0 Å². The average molecular weight is 256 g/mol. The van der Waals surface area contributed by atoms with Crippen LogP contribution in [0.2, 0.25) is 0 Å². The van der Waals surface area contributed by atoms with E-state index in [2.05, 4.69) is 0 Å². The molecular weight excluding hydrogens is 243 g/mol. The molecule has 0 spiro atoms. The number of benzene rings is 2. The molecule has 0 fully saturated rings. The molecule has 3 heteroatoms. The van der Waals surface area contributed by atoms with Gasteiger partial charge >= 0.3 is 0 Å². The fraction of sp³-hybridized carbons (Fsp3) is 0.125. The third kappa shape index (κ3) is 2.25. The first-order valence-corrected chi connectivity index (χ1v) is 6.07. The maximum atomic E-state index is 13.1. The van der Waals surface area contributed by atoms with Gasteiger partial charge in [-0.1, -0.05) is 29.8 Å². The highest BCUT2D eigenvalue weighted by molar-refractivity contribution is 5.78. The van der Waals surface area contributed by atoms with Gasteiger partial charge in [0.2, 0.25) is 0 Å². The van der Waals surface area contributed by atoms with Crippen molar-refractivity contribution in [2.75, 3.05) is 0 Å². The highest BCUT2D eigenvalue weighted by Crippen LogP contribution is 2.28. The maximum Gasteiger partial charge on any atom is 0.138 e. The van der Waals surface area contributed by atoms with Crippen LogP contribution in [0.1, 0.15) is 23.0 Å². The van der Waals surface area contributed by atoms with Gasteiger partial charge < -0.3 is 9.52 Å². The Labute approximate surface area is 110 Å². The van der Waals surface area contributed by atoms with Gasteiger partial charge in [0.1, 0.15) is 23.3 Å². The molecule has 2 aromatic carbocycles. The molecule has 0 aliphatic carbocycles. The van der Waals surface area contributed by atoms with E-state index in [0.717, 1.165) is 11.1 Å². The van der Waals surface area contributed by atoms with Crippen LogP contribution in [0.5, 0.6) is 0 Å². The number of rotatable bonds is 2. The van der Waals surface area contributed by atoms with E-state index in [1.165, 1.54) is 12.1 Å². The van der Waals surface area contributed by atoms with E-state index in [0.29, 0.717) is 16.7 Å². The lowest BCUT2D eigenvalue weighted by Gasteiger charge is -2.07. The molecule has 0 saturated carbocycles. The Kier molecular flexibility index (Phi) is 2.84. The van der Waals surface area contributed by atoms with Gasteiger partial charge in [0.15, 0.2) is 0 Å². The summed E-state index contributed by atoms with van der Waals surface area (Å²) >= 11 is 0. The van der Waals surface area contributed by atoms with E-state index in [9.17, 15) is 9.50 Å². The summed E-state index contributed by atoms with van der Waals surface area (Å²) in [4.78, 5) is 0. The summed E-state index contributed by atoms with van der Waals surface area (Å²) in [7, 11) is 0. The molecule has 1 aromatic heterocycles. The molecule has 3 rings (SSSR count). The van der Waals surface area contributed by atoms with Crippen molar-refractivity contribution >= 4 is 11.0 Å². The third-order valence-corrected chi connectivity index (χ3v) is 3.16. The number of hydrogen-bond acceptors (Lipinski definition) is 2. The topological polar surface area (TPSA) is 33.4 Å². The molecule has 0 saturated heterocycles. The molecule has 1 atom stereocenters. The molecule has 1 N–H and O–H groups in total. The number of hydrogen-bond donors (Lipinski definition) is 1. The smallest absolute Gasteiger partial charge is 0.138 e. The molecule has 19 heavy (non-hydrogen) atoms. The van der Waals surface area contributed by atoms with Crippen molar-refractivity contribution in [1.29, 1.82) is 0 Å². The normalized spacial score (nSPS) is 12.8. The largest absolute Gasteiger partial charge is 0.458 e. The van der Waals surface area contributed by atoms with Crippen molar-refractivity contribution in [3.05, 3.63) is 71.2 Å². The van der Waals surface area contributed by atoms with E-state index in [-0.39, 0.29) is 5.82 Å². The standard InChI is InChI=1S/C16H13FO2/c1-10-2-4-11(5-3-10)16(18)15-9-12-8-13(17)6-7-14(12)19-15/h2-9,16,18H,1H3. The Morgan fingerprint density at radius 2 is 1.79 bits per heavy atom. The van der Waals surface area contributed by atoms with Crippen LogP contribution in [-0.4, -0.2) is 5.11 Å². The lowest BCUT2D eigenvalue weighted by Crippen LogP contribution is -1.97. The quantitative estimate of drug-likeness (QED) is 0.752. The minimum absolute atomic E-state index is 0.315. The second-order valence-corrected chi connectivity index (χ2v) is 4.64. The monoisotopic (exact) mass is 256 g/mol. The molecule has 1 heterocycles. The van der Waals surface area contributed by atoms with Crippen LogP contribution in [0.15, 0.2) is 52.9 Å². The Morgan fingerprint density at radius 1 is 1.05 bits per heavy atom. The van der Waals surface area contributed by atoms with Crippen molar-refractivity contribution in [3.8, 4) is 0 Å². The van der Waals surface area contributed by atoms with Crippen molar-refractivity contribution in [1.82, 2.24) is 0 Å². The van der Waals surface area contributed by atoms with Gasteiger partial charge in [0.05, 0.1) is 0 Å². The van der Waals surface area contributed by atoms with Crippen molar-refractivity contribution in [2.24, 2.45) is 0 Å². The summed E-state index contributed by atoms with van der Waals surface area (Å²) in [6, 6.07) is 13.5. The highest BCUT2D eigenvalue weighted by Gasteiger charge is 2.15. The molecule has 96 valence electrons. The van der Waals surface area contributed by atoms with Crippen molar-refractivity contribution in [3.63, 3.8) is 0 Å². The predicted molar refractivity (Wildman–Crippen MR) is 71.4 cm³/mol. The maximum absolute atomic E-state index is 13.1. The van der Waals surface area contributed by atoms with Gasteiger partial charge in [-0.15, -0.1) is 0 Å². The minimum Gasteiger partial charge on any atom is -0.458 e. The summed E-state index contributed by atoms with van der Waals surface area (Å²) in [5.74, 6) is 0.106. The third-order valence-electron chi connectivity index (χ3n) is 3.16. The fourth-order valence-electron chi connectivity index (χ4n) is 2.08. The lowest BCUT2D eigenvalue weighted by atomic mass is 10.1. The van der Waals surface area contributed by atoms with Gasteiger partial charge in [0, 0.05) is 5.39 Å². The van der Waals surface area contributed by atoms with Crippen LogP contribution in [0.4, 0.5) is 4.39 Å². The van der Waals surface area contributed by atoms with Crippen LogP contribution in [0.25, 0.3) is 11.0 Å². The zero-order valence-electron chi connectivity index (χ0n) is 10.4. The first-order valence-electron chi connectivity index (χ1n) is 6.07. The minimum atomic E-state index is -0.837. The Bertz CT molecular complexity index is 713. The summed E-state index contributed by atoms with van der Waals surface area (Å²) in [5, 5.41) is 10.9. The summed E-state index contributed by atoms with van der Waals surface area (Å²) < 4.78 is 18.7. The van der Waals surface area contributed by atoms with Gasteiger partial charge in [0.25, 0.3) is 0 Å². The second-order valence-electron chi connectivity index (χ2n) is 4.64. The Balaban J connectivity index is 2.01. The zero-order chi connectivity index (χ0) is 13.4. The Morgan fingerprint density at radius 3 is 2.53 bits per heavy atom. The van der Waals surface area contributed by atoms with Gasteiger partial charge in [-0.2, -0.15) is 0 Å². The molecule has 0 aliphatic rings. The second kappa shape index (κ2) is 4.52. The molecular formula is C16H13FO2. The molecule has 0 aliphatic heterocycles. The Hall–Kier alpha value is -2.13. The fourth-order valence-corrected chi connectivity index (χ4v) is 2.08. The number of halogens is 1. The molecule has 0 amide bonds. The number of fused-ring (bicyclic) bond motifs is 1. The predicted octanol–water partition coefficient (Wildman–Crippen LogP) is 3.96. The van der Waals surface area contributed by atoms with E-state index in [4.69, 9.17) is 4.42 Å². The van der Waals surface area contributed by atoms with E-state index >= 15 is 0 Å². The number of aliphatic hydroxyl groups is 1. The number of aliphatic hydroxyl groups excluding tert-OH is 1. The molecule has 0 radical (unpaired) electrons. The van der Waals surface area contributed by atoms with Crippen molar-refractivity contribution < 1.29 is 13.9 Å². The van der Waals surface area contributed by atoms with Gasteiger partial charge in [-0.3, -0.25) is 0 Å². The average Bonchev–Trinajstić information content (AvgIpc) is 2.81. The first-order chi connectivity index (χ1) is 9.13. The van der Waals surface area contributed by atoms with Crippen LogP contribution in [0, 0.1) is 12.7 Å². The van der Waals surface area contributed by atoms with Crippen LogP contribution < -0.4 is 0 Å². The summed E-state index contributed by atoms with van der Waals surface area (Å²) in [6.45, 7) is 1.99. The van der Waals surface area contributed by atoms with Crippen LogP contribution in [-0.2, 0) is 0 Å². The van der Waals surface area contributed by atoms with Gasteiger partial charge in [-0.05, 0) is 36.8 Å². The summed E-state index contributed by atoms with van der Waals surface area (Å²) in [6.07, 6.45) is -0.837. The lowest BCUT2D eigenvalue weighted by molar-refractivity contribution is 0.192. The van der Waals surface area contributed by atoms with Crippen LogP contribution >= 0.6 is 0 Å². The SMILES string of the molecule is Cc1ccc(C(O)c2cc3cc(F)ccc3o2)cc1. The first kappa shape index (κ1) is 11.9.